The topological polar surface area (TPSA) is 38.3 Å². The van der Waals surface area contributed by atoms with Crippen LogP contribution in [0.4, 0.5) is 13.2 Å². The number of thioether (sulfide) groups is 1. The van der Waals surface area contributed by atoms with Gasteiger partial charge in [-0.25, -0.2) is 0 Å². The third-order valence-corrected chi connectivity index (χ3v) is 4.22. The van der Waals surface area contributed by atoms with Crippen LogP contribution in [-0.4, -0.2) is 37.1 Å². The second-order valence-corrected chi connectivity index (χ2v) is 6.00. The minimum Gasteiger partial charge on any atom is -0.370 e. The Bertz CT molecular complexity index is 507. The third kappa shape index (κ3) is 4.64. The van der Waals surface area contributed by atoms with Gasteiger partial charge in [0.15, 0.2) is 0 Å². The lowest BCUT2D eigenvalue weighted by Gasteiger charge is -2.18. The van der Waals surface area contributed by atoms with Crippen LogP contribution in [0.5, 0.6) is 0 Å². The molecule has 0 radical (unpaired) electrons. The molecule has 0 aliphatic carbocycles. The Morgan fingerprint density at radius 1 is 1.48 bits per heavy atom. The first-order valence-electron chi connectivity index (χ1n) is 6.53. The van der Waals surface area contributed by atoms with E-state index < -0.39 is 18.8 Å². The monoisotopic (exact) mass is 319 g/mol. The van der Waals surface area contributed by atoms with Crippen molar-refractivity contribution in [2.45, 2.75) is 30.0 Å². The molecule has 1 aromatic rings. The van der Waals surface area contributed by atoms with Crippen LogP contribution in [-0.2, 0) is 9.53 Å². The summed E-state index contributed by atoms with van der Waals surface area (Å²) in [5.41, 5.74) is 0.975. The van der Waals surface area contributed by atoms with Crippen molar-refractivity contribution in [1.82, 2.24) is 5.32 Å². The average Bonchev–Trinajstić information content (AvgIpc) is 2.80. The number of carbonyl (C=O) groups excluding carboxylic acids is 1. The number of benzene rings is 1. The lowest BCUT2D eigenvalue weighted by Crippen LogP contribution is -2.39. The molecule has 2 atom stereocenters. The Labute approximate surface area is 125 Å². The van der Waals surface area contributed by atoms with Gasteiger partial charge in [-0.15, -0.1) is 11.8 Å². The molecule has 21 heavy (non-hydrogen) atoms. The summed E-state index contributed by atoms with van der Waals surface area (Å²) in [4.78, 5) is 13.3. The van der Waals surface area contributed by atoms with Crippen LogP contribution in [0.1, 0.15) is 18.4 Å². The quantitative estimate of drug-likeness (QED) is 0.907. The number of carbonyl (C=O) groups is 1. The lowest BCUT2D eigenvalue weighted by molar-refractivity contribution is -0.175. The van der Waals surface area contributed by atoms with Crippen molar-refractivity contribution in [2.75, 3.05) is 19.0 Å². The van der Waals surface area contributed by atoms with Crippen LogP contribution in [0, 0.1) is 0 Å². The molecule has 0 saturated carbocycles. The predicted molar refractivity (Wildman–Crippen MR) is 74.4 cm³/mol. The summed E-state index contributed by atoms with van der Waals surface area (Å²) in [7, 11) is 0. The van der Waals surface area contributed by atoms with Crippen molar-refractivity contribution in [2.24, 2.45) is 0 Å². The zero-order valence-electron chi connectivity index (χ0n) is 11.4. The van der Waals surface area contributed by atoms with Crippen molar-refractivity contribution in [3.63, 3.8) is 0 Å². The maximum Gasteiger partial charge on any atom is 0.411 e. The van der Waals surface area contributed by atoms with Crippen LogP contribution >= 0.6 is 11.8 Å². The first kappa shape index (κ1) is 16.2. The van der Waals surface area contributed by atoms with Crippen molar-refractivity contribution in [1.29, 1.82) is 0 Å². The van der Waals surface area contributed by atoms with E-state index >= 15 is 0 Å². The van der Waals surface area contributed by atoms with E-state index in [9.17, 15) is 18.0 Å². The highest BCUT2D eigenvalue weighted by molar-refractivity contribution is 7.99. The van der Waals surface area contributed by atoms with E-state index in [0.29, 0.717) is 5.75 Å². The summed E-state index contributed by atoms with van der Waals surface area (Å²) in [6.45, 7) is 0.171. The van der Waals surface area contributed by atoms with Gasteiger partial charge in [0.05, 0.1) is 12.5 Å². The van der Waals surface area contributed by atoms with Gasteiger partial charge in [-0.05, 0) is 18.6 Å². The van der Waals surface area contributed by atoms with Crippen LogP contribution in [0.15, 0.2) is 29.2 Å². The third-order valence-electron chi connectivity index (χ3n) is 3.04. The van der Waals surface area contributed by atoms with E-state index in [0.717, 1.165) is 10.5 Å². The average molecular weight is 319 g/mol. The SMILES string of the molecule is C[C@H](COCC(F)(F)F)NC(=O)[C@H]1CSc2ccccc21. The summed E-state index contributed by atoms with van der Waals surface area (Å²) in [6.07, 6.45) is -4.34. The molecule has 1 aliphatic heterocycles. The van der Waals surface area contributed by atoms with Gasteiger partial charge in [0, 0.05) is 16.7 Å². The summed E-state index contributed by atoms with van der Waals surface area (Å²) in [5, 5.41) is 2.70. The minimum absolute atomic E-state index is 0.160. The zero-order valence-corrected chi connectivity index (χ0v) is 12.3. The lowest BCUT2D eigenvalue weighted by atomic mass is 10.0. The molecule has 0 spiro atoms. The second kappa shape index (κ2) is 6.70. The molecule has 0 saturated heterocycles. The van der Waals surface area contributed by atoms with Crippen LogP contribution in [0.25, 0.3) is 0 Å². The first-order chi connectivity index (χ1) is 9.87. The van der Waals surface area contributed by atoms with Gasteiger partial charge < -0.3 is 10.1 Å². The highest BCUT2D eigenvalue weighted by Crippen LogP contribution is 2.39. The van der Waals surface area contributed by atoms with Crippen LogP contribution < -0.4 is 5.32 Å². The number of rotatable bonds is 5. The van der Waals surface area contributed by atoms with E-state index in [1.165, 1.54) is 0 Å². The van der Waals surface area contributed by atoms with Gasteiger partial charge in [-0.3, -0.25) is 4.79 Å². The van der Waals surface area contributed by atoms with Gasteiger partial charge in [-0.2, -0.15) is 13.2 Å². The first-order valence-corrected chi connectivity index (χ1v) is 7.52. The largest absolute Gasteiger partial charge is 0.411 e. The Balaban J connectivity index is 1.82. The molecule has 1 heterocycles. The highest BCUT2D eigenvalue weighted by Gasteiger charge is 2.30. The fraction of sp³-hybridized carbons (Fsp3) is 0.500. The molecule has 1 N–H and O–H groups in total. The Hall–Kier alpha value is -1.21. The van der Waals surface area contributed by atoms with Gasteiger partial charge in [0.25, 0.3) is 0 Å². The van der Waals surface area contributed by atoms with Crippen molar-refractivity contribution in [3.8, 4) is 0 Å². The second-order valence-electron chi connectivity index (χ2n) is 4.94. The molecule has 0 unspecified atom stereocenters. The number of hydrogen-bond acceptors (Lipinski definition) is 3. The number of nitrogens with one attached hydrogen (secondary N) is 1. The normalized spacial score (nSPS) is 19.1. The molecule has 7 heteroatoms. The molecule has 2 rings (SSSR count). The summed E-state index contributed by atoms with van der Waals surface area (Å²) in [6, 6.07) is 7.20. The van der Waals surface area contributed by atoms with Crippen LogP contribution in [0.3, 0.4) is 0 Å². The fourth-order valence-corrected chi connectivity index (χ4v) is 3.35. The maximum absolute atomic E-state index is 12.2. The van der Waals surface area contributed by atoms with Crippen molar-refractivity contribution < 1.29 is 22.7 Å². The summed E-state index contributed by atoms with van der Waals surface area (Å²) in [5.74, 6) is 0.230. The molecule has 0 bridgehead atoms. The molecule has 1 amide bonds. The molecule has 116 valence electrons. The maximum atomic E-state index is 12.2. The number of amides is 1. The molecule has 1 aromatic carbocycles. The van der Waals surface area contributed by atoms with Crippen molar-refractivity contribution >= 4 is 17.7 Å². The zero-order chi connectivity index (χ0) is 15.5. The minimum atomic E-state index is -4.34. The van der Waals surface area contributed by atoms with Crippen molar-refractivity contribution in [3.05, 3.63) is 29.8 Å². The van der Waals surface area contributed by atoms with Gasteiger partial charge in [0.2, 0.25) is 5.91 Å². The number of alkyl halides is 3. The fourth-order valence-electron chi connectivity index (χ4n) is 2.12. The van der Waals surface area contributed by atoms with Crippen LogP contribution in [0.2, 0.25) is 0 Å². The molecule has 1 aliphatic rings. The molecule has 3 nitrogen and oxygen atoms in total. The molecule has 0 aromatic heterocycles. The van der Waals surface area contributed by atoms with E-state index in [2.05, 4.69) is 10.1 Å². The summed E-state index contributed by atoms with van der Waals surface area (Å²) >= 11 is 1.61. The molecule has 0 fully saturated rings. The molecular formula is C14H16F3NO2S. The number of halogens is 3. The number of hydrogen-bond donors (Lipinski definition) is 1. The van der Waals surface area contributed by atoms with Gasteiger partial charge >= 0.3 is 6.18 Å². The Morgan fingerprint density at radius 3 is 2.90 bits per heavy atom. The smallest absolute Gasteiger partial charge is 0.370 e. The predicted octanol–water partition coefficient (Wildman–Crippen LogP) is 2.96. The number of fused-ring (bicyclic) bond motifs is 1. The highest BCUT2D eigenvalue weighted by atomic mass is 32.2. The standard InChI is InChI=1S/C14H16F3NO2S/c1-9(6-20-8-14(15,16)17)18-13(19)11-7-21-12-5-3-2-4-10(11)12/h2-5,9,11H,6-8H2,1H3,(H,18,19)/t9-,11+/m1/s1. The summed E-state index contributed by atoms with van der Waals surface area (Å²) < 4.78 is 40.4. The Kier molecular flexibility index (Phi) is 5.16. The van der Waals surface area contributed by atoms with E-state index in [1.807, 2.05) is 24.3 Å². The Morgan fingerprint density at radius 2 is 2.19 bits per heavy atom. The van der Waals surface area contributed by atoms with Gasteiger partial charge in [-0.1, -0.05) is 18.2 Å². The molecular weight excluding hydrogens is 303 g/mol. The van der Waals surface area contributed by atoms with E-state index in [4.69, 9.17) is 0 Å². The number of ether oxygens (including phenoxy) is 1. The van der Waals surface area contributed by atoms with E-state index in [-0.39, 0.29) is 18.4 Å². The van der Waals surface area contributed by atoms with E-state index in [1.54, 1.807) is 18.7 Å². The van der Waals surface area contributed by atoms with Gasteiger partial charge in [0.1, 0.15) is 6.61 Å².